The van der Waals surface area contributed by atoms with Crippen LogP contribution in [0.3, 0.4) is 0 Å². The van der Waals surface area contributed by atoms with E-state index in [2.05, 4.69) is 30.3 Å². The number of benzene rings is 1. The molecule has 1 saturated heterocycles. The summed E-state index contributed by atoms with van der Waals surface area (Å²) in [5, 5.41) is 12.4. The van der Waals surface area contributed by atoms with Crippen molar-refractivity contribution in [2.75, 3.05) is 25.5 Å². The maximum atomic E-state index is 13.3. The van der Waals surface area contributed by atoms with Crippen LogP contribution in [0.25, 0.3) is 0 Å². The van der Waals surface area contributed by atoms with Crippen LogP contribution >= 0.6 is 11.6 Å². The van der Waals surface area contributed by atoms with Crippen LogP contribution in [0.5, 0.6) is 5.75 Å². The number of nitrogens with zero attached hydrogens (tertiary/aromatic N) is 3. The van der Waals surface area contributed by atoms with Crippen molar-refractivity contribution in [3.8, 4) is 11.9 Å². The Morgan fingerprint density at radius 3 is 2.74 bits per heavy atom. The van der Waals surface area contributed by atoms with Crippen LogP contribution in [0.15, 0.2) is 36.5 Å². The SMILES string of the molecule is COc1cc(Cl)ncc1NC(=O)C1(c2ccccc2C(C)C)CN(C#N)C1. The van der Waals surface area contributed by atoms with E-state index < -0.39 is 5.41 Å². The van der Waals surface area contributed by atoms with Crippen LogP contribution in [0.4, 0.5) is 5.69 Å². The molecule has 1 aromatic carbocycles. The van der Waals surface area contributed by atoms with E-state index in [4.69, 9.17) is 16.3 Å². The van der Waals surface area contributed by atoms with Crippen LogP contribution in [-0.2, 0) is 10.2 Å². The molecule has 6 nitrogen and oxygen atoms in total. The molecule has 0 aliphatic carbocycles. The first-order chi connectivity index (χ1) is 12.9. The van der Waals surface area contributed by atoms with Crippen molar-refractivity contribution in [3.63, 3.8) is 0 Å². The predicted molar refractivity (Wildman–Crippen MR) is 104 cm³/mol. The number of nitrogens with one attached hydrogen (secondary N) is 1. The van der Waals surface area contributed by atoms with Gasteiger partial charge in [-0.15, -0.1) is 0 Å². The molecule has 1 aromatic heterocycles. The molecule has 1 aliphatic rings. The molecule has 0 spiro atoms. The monoisotopic (exact) mass is 384 g/mol. The number of carbonyl (C=O) groups is 1. The second-order valence-corrected chi connectivity index (χ2v) is 7.33. The maximum absolute atomic E-state index is 13.3. The number of anilines is 1. The van der Waals surface area contributed by atoms with Crippen molar-refractivity contribution in [2.24, 2.45) is 0 Å². The Bertz CT molecular complexity index is 901. The Morgan fingerprint density at radius 1 is 1.41 bits per heavy atom. The lowest BCUT2D eigenvalue weighted by Crippen LogP contribution is -2.63. The molecule has 0 radical (unpaired) electrons. The van der Waals surface area contributed by atoms with Crippen LogP contribution in [-0.4, -0.2) is 36.0 Å². The second-order valence-electron chi connectivity index (χ2n) is 6.94. The van der Waals surface area contributed by atoms with E-state index in [0.717, 1.165) is 11.1 Å². The van der Waals surface area contributed by atoms with Crippen molar-refractivity contribution in [3.05, 3.63) is 52.8 Å². The van der Waals surface area contributed by atoms with Gasteiger partial charge < -0.3 is 15.0 Å². The average molecular weight is 385 g/mol. The van der Waals surface area contributed by atoms with Crippen molar-refractivity contribution >= 4 is 23.2 Å². The molecular weight excluding hydrogens is 364 g/mol. The molecule has 2 heterocycles. The van der Waals surface area contributed by atoms with Gasteiger partial charge in [-0.1, -0.05) is 49.7 Å². The highest BCUT2D eigenvalue weighted by Gasteiger charge is 2.52. The third kappa shape index (κ3) is 3.43. The number of nitriles is 1. The first kappa shape index (κ1) is 19.0. The summed E-state index contributed by atoms with van der Waals surface area (Å²) in [6.45, 7) is 4.86. The molecule has 140 valence electrons. The summed E-state index contributed by atoms with van der Waals surface area (Å²) in [5.41, 5.74) is 1.70. The molecule has 0 saturated carbocycles. The number of likely N-dealkylation sites (tertiary alicyclic amines) is 1. The van der Waals surface area contributed by atoms with Gasteiger partial charge in [0, 0.05) is 19.2 Å². The summed E-state index contributed by atoms with van der Waals surface area (Å²) in [5.74, 6) is 0.505. The number of aromatic nitrogens is 1. The molecule has 1 N–H and O–H groups in total. The number of pyridine rings is 1. The summed E-state index contributed by atoms with van der Waals surface area (Å²) < 4.78 is 5.30. The third-order valence-corrected chi connectivity index (χ3v) is 5.10. The average Bonchev–Trinajstić information content (AvgIpc) is 2.63. The molecular formula is C20H21ClN4O2. The number of ether oxygens (including phenoxy) is 1. The van der Waals surface area contributed by atoms with E-state index in [9.17, 15) is 10.1 Å². The molecule has 1 fully saturated rings. The van der Waals surface area contributed by atoms with Crippen LogP contribution < -0.4 is 10.1 Å². The first-order valence-corrected chi connectivity index (χ1v) is 9.04. The highest BCUT2D eigenvalue weighted by molar-refractivity contribution is 6.29. The van der Waals surface area contributed by atoms with Gasteiger partial charge in [0.15, 0.2) is 6.19 Å². The lowest BCUT2D eigenvalue weighted by Gasteiger charge is -2.47. The van der Waals surface area contributed by atoms with Gasteiger partial charge in [0.05, 0.1) is 13.3 Å². The Morgan fingerprint density at radius 2 is 2.11 bits per heavy atom. The maximum Gasteiger partial charge on any atom is 0.238 e. The fourth-order valence-electron chi connectivity index (χ4n) is 3.47. The minimum Gasteiger partial charge on any atom is -0.494 e. The molecule has 0 unspecified atom stereocenters. The van der Waals surface area contributed by atoms with Crippen molar-refractivity contribution in [1.29, 1.82) is 5.26 Å². The van der Waals surface area contributed by atoms with Crippen molar-refractivity contribution in [1.82, 2.24) is 9.88 Å². The minimum atomic E-state index is -0.804. The van der Waals surface area contributed by atoms with Gasteiger partial charge in [-0.2, -0.15) is 5.26 Å². The molecule has 3 rings (SSSR count). The van der Waals surface area contributed by atoms with Crippen LogP contribution in [0.2, 0.25) is 5.15 Å². The van der Waals surface area contributed by atoms with Gasteiger partial charge in [-0.05, 0) is 17.0 Å². The Balaban J connectivity index is 1.99. The molecule has 1 aliphatic heterocycles. The van der Waals surface area contributed by atoms with E-state index in [-0.39, 0.29) is 17.0 Å². The first-order valence-electron chi connectivity index (χ1n) is 8.66. The van der Waals surface area contributed by atoms with E-state index in [1.165, 1.54) is 13.3 Å². The van der Waals surface area contributed by atoms with E-state index in [0.29, 0.717) is 24.5 Å². The zero-order valence-electron chi connectivity index (χ0n) is 15.5. The molecule has 0 atom stereocenters. The Labute approximate surface area is 163 Å². The fraction of sp³-hybridized carbons (Fsp3) is 0.350. The van der Waals surface area contributed by atoms with Crippen molar-refractivity contribution in [2.45, 2.75) is 25.2 Å². The zero-order valence-corrected chi connectivity index (χ0v) is 16.2. The minimum absolute atomic E-state index is 0.190. The number of methoxy groups -OCH3 is 1. The topological polar surface area (TPSA) is 78.2 Å². The number of carbonyl (C=O) groups excluding carboxylic acids is 1. The van der Waals surface area contributed by atoms with Gasteiger partial charge in [-0.25, -0.2) is 4.98 Å². The Hall–Kier alpha value is -2.78. The number of hydrogen-bond acceptors (Lipinski definition) is 5. The quantitative estimate of drug-likeness (QED) is 0.630. The molecule has 0 bridgehead atoms. The molecule has 1 amide bonds. The Kier molecular flexibility index (Phi) is 5.24. The van der Waals surface area contributed by atoms with E-state index in [1.54, 1.807) is 11.0 Å². The van der Waals surface area contributed by atoms with Gasteiger partial charge >= 0.3 is 0 Å². The van der Waals surface area contributed by atoms with Crippen LogP contribution in [0.1, 0.15) is 30.9 Å². The van der Waals surface area contributed by atoms with Gasteiger partial charge in [0.25, 0.3) is 0 Å². The zero-order chi connectivity index (χ0) is 19.6. The predicted octanol–water partition coefficient (Wildman–Crippen LogP) is 3.54. The summed E-state index contributed by atoms with van der Waals surface area (Å²) in [6, 6.07) is 9.46. The van der Waals surface area contributed by atoms with Gasteiger partial charge in [0.2, 0.25) is 5.91 Å². The van der Waals surface area contributed by atoms with Crippen LogP contribution in [0, 0.1) is 11.5 Å². The number of halogens is 1. The largest absolute Gasteiger partial charge is 0.494 e. The third-order valence-electron chi connectivity index (χ3n) is 4.90. The van der Waals surface area contributed by atoms with Gasteiger partial charge in [-0.3, -0.25) is 4.79 Å². The molecule has 27 heavy (non-hydrogen) atoms. The lowest BCUT2D eigenvalue weighted by atomic mass is 9.70. The fourth-order valence-corrected chi connectivity index (χ4v) is 3.61. The standard InChI is InChI=1S/C20H21ClN4O2/c1-13(2)14-6-4-5-7-15(14)20(10-25(11-20)12-22)19(26)24-16-9-23-18(21)8-17(16)27-3/h4-9,13H,10-11H2,1-3H3,(H,24,26). The highest BCUT2D eigenvalue weighted by atomic mass is 35.5. The summed E-state index contributed by atoms with van der Waals surface area (Å²) in [6.07, 6.45) is 3.60. The lowest BCUT2D eigenvalue weighted by molar-refractivity contribution is -0.126. The number of hydrogen-bond donors (Lipinski definition) is 1. The second kappa shape index (κ2) is 7.45. The smallest absolute Gasteiger partial charge is 0.238 e. The summed E-state index contributed by atoms with van der Waals surface area (Å²) in [4.78, 5) is 18.9. The van der Waals surface area contributed by atoms with E-state index >= 15 is 0 Å². The number of rotatable bonds is 5. The summed E-state index contributed by atoms with van der Waals surface area (Å²) >= 11 is 5.90. The normalized spacial score (nSPS) is 15.0. The number of amides is 1. The summed E-state index contributed by atoms with van der Waals surface area (Å²) in [7, 11) is 1.51. The highest BCUT2D eigenvalue weighted by Crippen LogP contribution is 2.40. The van der Waals surface area contributed by atoms with E-state index in [1.807, 2.05) is 24.3 Å². The molecule has 7 heteroatoms. The van der Waals surface area contributed by atoms with Gasteiger partial charge in [0.1, 0.15) is 22.0 Å². The molecule has 2 aromatic rings. The van der Waals surface area contributed by atoms with Crippen molar-refractivity contribution < 1.29 is 9.53 Å².